The standard InChI is InChI=1S/C22H27N3O5S/c1-14-12-16(29-4)13-15(2)21(14)31(27,28)25(3)11-7-10-19-23-18-9-6-8-17(20(18)24-19)22(26)30-5/h6,8-9,12-13H,7,10-11H2,1-5H3,(H,23,24). The van der Waals surface area contributed by atoms with E-state index in [9.17, 15) is 13.2 Å². The van der Waals surface area contributed by atoms with Gasteiger partial charge in [-0.3, -0.25) is 0 Å². The highest BCUT2D eigenvalue weighted by molar-refractivity contribution is 7.89. The van der Waals surface area contributed by atoms with Crippen LogP contribution in [-0.4, -0.2) is 56.5 Å². The first-order valence-corrected chi connectivity index (χ1v) is 11.3. The zero-order valence-corrected chi connectivity index (χ0v) is 19.2. The lowest BCUT2D eigenvalue weighted by Crippen LogP contribution is -2.29. The Hall–Kier alpha value is -2.91. The third kappa shape index (κ3) is 4.57. The molecule has 0 fully saturated rings. The van der Waals surface area contributed by atoms with Crippen molar-refractivity contribution in [2.45, 2.75) is 31.6 Å². The number of hydrogen-bond donors (Lipinski definition) is 1. The molecule has 0 aliphatic heterocycles. The van der Waals surface area contributed by atoms with E-state index < -0.39 is 16.0 Å². The number of carbonyl (C=O) groups is 1. The Balaban J connectivity index is 1.73. The van der Waals surface area contributed by atoms with E-state index in [1.54, 1.807) is 52.3 Å². The van der Waals surface area contributed by atoms with E-state index in [0.29, 0.717) is 58.1 Å². The molecule has 1 heterocycles. The van der Waals surface area contributed by atoms with Crippen LogP contribution in [0.15, 0.2) is 35.2 Å². The highest BCUT2D eigenvalue weighted by Gasteiger charge is 2.25. The number of sulfonamides is 1. The molecule has 0 unspecified atom stereocenters. The van der Waals surface area contributed by atoms with E-state index in [2.05, 4.69) is 9.97 Å². The Morgan fingerprint density at radius 3 is 2.45 bits per heavy atom. The molecule has 0 saturated carbocycles. The molecule has 8 nitrogen and oxygen atoms in total. The molecule has 0 aliphatic carbocycles. The second kappa shape index (κ2) is 9.07. The molecule has 1 N–H and O–H groups in total. The van der Waals surface area contributed by atoms with Gasteiger partial charge in [0.2, 0.25) is 10.0 Å². The lowest BCUT2D eigenvalue weighted by atomic mass is 10.1. The first-order chi connectivity index (χ1) is 14.7. The van der Waals surface area contributed by atoms with Crippen molar-refractivity contribution in [3.05, 3.63) is 52.8 Å². The molecule has 31 heavy (non-hydrogen) atoms. The minimum Gasteiger partial charge on any atom is -0.497 e. The summed E-state index contributed by atoms with van der Waals surface area (Å²) in [6.07, 6.45) is 1.10. The lowest BCUT2D eigenvalue weighted by molar-refractivity contribution is 0.0602. The highest BCUT2D eigenvalue weighted by atomic mass is 32.2. The van der Waals surface area contributed by atoms with E-state index in [0.717, 1.165) is 5.52 Å². The van der Waals surface area contributed by atoms with E-state index in [-0.39, 0.29) is 0 Å². The fraction of sp³-hybridized carbons (Fsp3) is 0.364. The number of benzene rings is 2. The molecule has 0 amide bonds. The number of aryl methyl sites for hydroxylation is 3. The number of para-hydroxylation sites is 1. The maximum atomic E-state index is 13.1. The van der Waals surface area contributed by atoms with Crippen LogP contribution in [0.2, 0.25) is 0 Å². The molecule has 166 valence electrons. The maximum Gasteiger partial charge on any atom is 0.340 e. The molecule has 0 aliphatic rings. The summed E-state index contributed by atoms with van der Waals surface area (Å²) in [4.78, 5) is 19.9. The number of methoxy groups -OCH3 is 2. The van der Waals surface area contributed by atoms with Crippen LogP contribution in [0.1, 0.15) is 33.7 Å². The van der Waals surface area contributed by atoms with Crippen molar-refractivity contribution in [3.8, 4) is 5.75 Å². The predicted molar refractivity (Wildman–Crippen MR) is 118 cm³/mol. The lowest BCUT2D eigenvalue weighted by Gasteiger charge is -2.20. The number of imidazole rings is 1. The highest BCUT2D eigenvalue weighted by Crippen LogP contribution is 2.28. The van der Waals surface area contributed by atoms with Crippen LogP contribution in [0.4, 0.5) is 0 Å². The van der Waals surface area contributed by atoms with Gasteiger partial charge in [-0.15, -0.1) is 0 Å². The molecular formula is C22H27N3O5S. The minimum absolute atomic E-state index is 0.308. The molecule has 3 aromatic rings. The van der Waals surface area contributed by atoms with E-state index >= 15 is 0 Å². The normalized spacial score (nSPS) is 11.8. The number of carbonyl (C=O) groups excluding carboxylic acids is 1. The van der Waals surface area contributed by atoms with Crippen LogP contribution in [0.25, 0.3) is 11.0 Å². The quantitative estimate of drug-likeness (QED) is 0.534. The number of rotatable bonds is 8. The van der Waals surface area contributed by atoms with Crippen molar-refractivity contribution in [3.63, 3.8) is 0 Å². The summed E-state index contributed by atoms with van der Waals surface area (Å²) in [6.45, 7) is 3.86. The second-order valence-electron chi connectivity index (χ2n) is 7.40. The van der Waals surface area contributed by atoms with Crippen molar-refractivity contribution in [1.82, 2.24) is 14.3 Å². The van der Waals surface area contributed by atoms with Crippen molar-refractivity contribution in [2.24, 2.45) is 0 Å². The van der Waals surface area contributed by atoms with Crippen LogP contribution in [0.5, 0.6) is 5.75 Å². The van der Waals surface area contributed by atoms with Crippen LogP contribution < -0.4 is 4.74 Å². The Bertz CT molecular complexity index is 1190. The molecule has 1 aromatic heterocycles. The number of aromatic nitrogens is 2. The Morgan fingerprint density at radius 2 is 1.84 bits per heavy atom. The van der Waals surface area contributed by atoms with Gasteiger partial charge in [-0.1, -0.05) is 6.07 Å². The number of nitrogens with one attached hydrogen (secondary N) is 1. The summed E-state index contributed by atoms with van der Waals surface area (Å²) in [5.74, 6) is 0.876. The zero-order chi connectivity index (χ0) is 22.8. The fourth-order valence-electron chi connectivity index (χ4n) is 3.66. The smallest absolute Gasteiger partial charge is 0.340 e. The fourth-order valence-corrected chi connectivity index (χ4v) is 5.27. The van der Waals surface area contributed by atoms with Gasteiger partial charge in [0.05, 0.1) is 30.2 Å². The number of fused-ring (bicyclic) bond motifs is 1. The molecule has 9 heteroatoms. The predicted octanol–water partition coefficient (Wildman–Crippen LogP) is 3.23. The number of aromatic amines is 1. The maximum absolute atomic E-state index is 13.1. The van der Waals surface area contributed by atoms with Gasteiger partial charge in [-0.05, 0) is 55.7 Å². The Kier molecular flexibility index (Phi) is 6.66. The molecule has 0 bridgehead atoms. The molecular weight excluding hydrogens is 418 g/mol. The molecule has 3 rings (SSSR count). The number of esters is 1. The van der Waals surface area contributed by atoms with Crippen LogP contribution >= 0.6 is 0 Å². The summed E-state index contributed by atoms with van der Waals surface area (Å²) in [5, 5.41) is 0. The van der Waals surface area contributed by atoms with Crippen LogP contribution in [-0.2, 0) is 21.2 Å². The van der Waals surface area contributed by atoms with Gasteiger partial charge in [0.25, 0.3) is 0 Å². The minimum atomic E-state index is -3.64. The van der Waals surface area contributed by atoms with Gasteiger partial charge < -0.3 is 14.5 Å². The molecule has 0 saturated heterocycles. The van der Waals surface area contributed by atoms with E-state index in [4.69, 9.17) is 9.47 Å². The van der Waals surface area contributed by atoms with Gasteiger partial charge in [-0.2, -0.15) is 0 Å². The summed E-state index contributed by atoms with van der Waals surface area (Å²) in [5.41, 5.74) is 2.98. The van der Waals surface area contributed by atoms with Crippen molar-refractivity contribution >= 4 is 27.0 Å². The van der Waals surface area contributed by atoms with Crippen LogP contribution in [0, 0.1) is 13.8 Å². The Morgan fingerprint density at radius 1 is 1.16 bits per heavy atom. The number of hydrogen-bond acceptors (Lipinski definition) is 6. The first-order valence-electron chi connectivity index (χ1n) is 9.86. The topological polar surface area (TPSA) is 102 Å². The average molecular weight is 446 g/mol. The van der Waals surface area contributed by atoms with Crippen LogP contribution in [0.3, 0.4) is 0 Å². The van der Waals surface area contributed by atoms with E-state index in [1.165, 1.54) is 11.4 Å². The van der Waals surface area contributed by atoms with Crippen molar-refractivity contribution in [1.29, 1.82) is 0 Å². The zero-order valence-electron chi connectivity index (χ0n) is 18.4. The van der Waals surface area contributed by atoms with Gasteiger partial charge >= 0.3 is 5.97 Å². The molecule has 0 spiro atoms. The number of H-pyrrole nitrogens is 1. The molecule has 2 aromatic carbocycles. The molecule has 0 radical (unpaired) electrons. The monoisotopic (exact) mass is 445 g/mol. The average Bonchev–Trinajstić information content (AvgIpc) is 3.15. The number of ether oxygens (including phenoxy) is 2. The molecule has 0 atom stereocenters. The largest absolute Gasteiger partial charge is 0.497 e. The van der Waals surface area contributed by atoms with E-state index in [1.807, 2.05) is 6.07 Å². The van der Waals surface area contributed by atoms with Gasteiger partial charge in [0.1, 0.15) is 17.1 Å². The SMILES string of the molecule is COC(=O)c1cccc2[nH]c(CCCN(C)S(=O)(=O)c3c(C)cc(OC)cc3C)nc12. The van der Waals surface area contributed by atoms with Crippen molar-refractivity contribution < 1.29 is 22.7 Å². The van der Waals surface area contributed by atoms with Crippen molar-refractivity contribution in [2.75, 3.05) is 27.8 Å². The summed E-state index contributed by atoms with van der Waals surface area (Å²) in [6, 6.07) is 8.71. The second-order valence-corrected chi connectivity index (χ2v) is 9.38. The third-order valence-electron chi connectivity index (χ3n) is 5.19. The van der Waals surface area contributed by atoms with Gasteiger partial charge in [-0.25, -0.2) is 22.5 Å². The summed E-state index contributed by atoms with van der Waals surface area (Å²) >= 11 is 0. The van der Waals surface area contributed by atoms with Gasteiger partial charge in [0.15, 0.2) is 0 Å². The number of nitrogens with zero attached hydrogens (tertiary/aromatic N) is 2. The summed E-state index contributed by atoms with van der Waals surface area (Å²) < 4.78 is 37.6. The third-order valence-corrected chi connectivity index (χ3v) is 7.35. The Labute approximate surface area is 182 Å². The summed E-state index contributed by atoms with van der Waals surface area (Å²) in [7, 11) is 0.823. The first kappa shape index (κ1) is 22.8. The van der Waals surface area contributed by atoms with Gasteiger partial charge in [0, 0.05) is 20.0 Å².